The van der Waals surface area contributed by atoms with Crippen LogP contribution in [-0.4, -0.2) is 37.3 Å². The summed E-state index contributed by atoms with van der Waals surface area (Å²) in [4.78, 5) is 23.9. The molecule has 0 aliphatic rings. The Morgan fingerprint density at radius 3 is 3.12 bits per heavy atom. The van der Waals surface area contributed by atoms with E-state index in [0.717, 1.165) is 16.5 Å². The minimum absolute atomic E-state index is 0.147. The fourth-order valence-electron chi connectivity index (χ4n) is 2.84. The van der Waals surface area contributed by atoms with Gasteiger partial charge < -0.3 is 9.72 Å². The van der Waals surface area contributed by atoms with Crippen LogP contribution < -0.4 is 0 Å². The Bertz CT molecular complexity index is 1110. The number of rotatable bonds is 4. The molecule has 1 N–H and O–H groups in total. The number of esters is 1. The first kappa shape index (κ1) is 15.1. The second-order valence-corrected chi connectivity index (χ2v) is 5.61. The number of nitrogens with zero attached hydrogens (tertiary/aromatic N) is 4. The van der Waals surface area contributed by atoms with Crippen LogP contribution in [0.3, 0.4) is 0 Å². The number of hydrogen-bond donors (Lipinski definition) is 1. The van der Waals surface area contributed by atoms with Gasteiger partial charge >= 0.3 is 5.97 Å². The van der Waals surface area contributed by atoms with Crippen LogP contribution in [0.5, 0.6) is 0 Å². The predicted molar refractivity (Wildman–Crippen MR) is 94.1 cm³/mol. The molecule has 7 heteroatoms. The second-order valence-electron chi connectivity index (χ2n) is 5.61. The zero-order valence-electron chi connectivity index (χ0n) is 13.6. The standard InChI is InChI=1S/C18H15N5O2/c1-3-6-25-18(24)13-8-19-17-15(13)16(20-10-21-17)11-4-5-12-9-23(2)22-14(12)7-11/h3-5,7-10H,1,6H2,2H3,(H,19,20,21). The largest absolute Gasteiger partial charge is 0.458 e. The molecule has 0 atom stereocenters. The van der Waals surface area contributed by atoms with E-state index in [1.165, 1.54) is 12.4 Å². The highest BCUT2D eigenvalue weighted by molar-refractivity contribution is 6.08. The van der Waals surface area contributed by atoms with E-state index in [4.69, 9.17) is 4.74 Å². The number of aryl methyl sites for hydroxylation is 1. The third-order valence-electron chi connectivity index (χ3n) is 3.92. The molecule has 25 heavy (non-hydrogen) atoms. The second kappa shape index (κ2) is 5.86. The highest BCUT2D eigenvalue weighted by Crippen LogP contribution is 2.30. The van der Waals surface area contributed by atoms with Crippen molar-refractivity contribution in [2.75, 3.05) is 6.61 Å². The van der Waals surface area contributed by atoms with Crippen molar-refractivity contribution in [1.82, 2.24) is 24.7 Å². The molecule has 3 heterocycles. The van der Waals surface area contributed by atoms with Gasteiger partial charge in [-0.3, -0.25) is 4.68 Å². The van der Waals surface area contributed by atoms with Gasteiger partial charge in [-0.2, -0.15) is 5.10 Å². The topological polar surface area (TPSA) is 85.7 Å². The van der Waals surface area contributed by atoms with Crippen molar-refractivity contribution in [3.63, 3.8) is 0 Å². The first-order valence-electron chi connectivity index (χ1n) is 7.71. The fourth-order valence-corrected chi connectivity index (χ4v) is 2.84. The molecule has 0 radical (unpaired) electrons. The summed E-state index contributed by atoms with van der Waals surface area (Å²) in [6, 6.07) is 5.88. The molecule has 1 aromatic carbocycles. The molecule has 3 aromatic heterocycles. The van der Waals surface area contributed by atoms with Crippen molar-refractivity contribution in [2.45, 2.75) is 0 Å². The van der Waals surface area contributed by atoms with E-state index >= 15 is 0 Å². The molecule has 0 saturated heterocycles. The maximum atomic E-state index is 12.3. The summed E-state index contributed by atoms with van der Waals surface area (Å²) in [6.45, 7) is 3.70. The Labute approximate surface area is 143 Å². The lowest BCUT2D eigenvalue weighted by molar-refractivity contribution is 0.0552. The average Bonchev–Trinajstić information content (AvgIpc) is 3.21. The molecule has 4 aromatic rings. The Hall–Kier alpha value is -3.48. The summed E-state index contributed by atoms with van der Waals surface area (Å²) in [5, 5.41) is 6.10. The van der Waals surface area contributed by atoms with E-state index in [-0.39, 0.29) is 6.61 Å². The number of H-pyrrole nitrogens is 1. The van der Waals surface area contributed by atoms with Crippen LogP contribution in [-0.2, 0) is 11.8 Å². The van der Waals surface area contributed by atoms with Crippen molar-refractivity contribution in [2.24, 2.45) is 7.05 Å². The van der Waals surface area contributed by atoms with Crippen LogP contribution in [0.1, 0.15) is 10.4 Å². The maximum Gasteiger partial charge on any atom is 0.340 e. The van der Waals surface area contributed by atoms with E-state index < -0.39 is 5.97 Å². The Balaban J connectivity index is 1.89. The summed E-state index contributed by atoms with van der Waals surface area (Å²) in [6.07, 6.45) is 6.53. The number of carbonyl (C=O) groups excluding carboxylic acids is 1. The summed E-state index contributed by atoms with van der Waals surface area (Å²) >= 11 is 0. The van der Waals surface area contributed by atoms with Crippen LogP contribution in [0.15, 0.2) is 49.6 Å². The van der Waals surface area contributed by atoms with Crippen molar-refractivity contribution in [3.8, 4) is 11.3 Å². The van der Waals surface area contributed by atoms with Crippen molar-refractivity contribution in [1.29, 1.82) is 0 Å². The molecule has 124 valence electrons. The van der Waals surface area contributed by atoms with Gasteiger partial charge in [-0.05, 0) is 6.07 Å². The molecule has 4 rings (SSSR count). The molecule has 0 spiro atoms. The third kappa shape index (κ3) is 2.55. The first-order chi connectivity index (χ1) is 12.2. The van der Waals surface area contributed by atoms with Crippen LogP contribution in [0.4, 0.5) is 0 Å². The van der Waals surface area contributed by atoms with Crippen LogP contribution in [0.25, 0.3) is 33.2 Å². The minimum atomic E-state index is -0.443. The van der Waals surface area contributed by atoms with Gasteiger partial charge in [-0.1, -0.05) is 24.8 Å². The van der Waals surface area contributed by atoms with Crippen LogP contribution >= 0.6 is 0 Å². The highest BCUT2D eigenvalue weighted by Gasteiger charge is 2.19. The molecule has 0 saturated carbocycles. The SMILES string of the molecule is C=CCOC(=O)c1c[nH]c2ncnc(-c3ccc4cn(C)nc4c3)c12. The zero-order valence-corrected chi connectivity index (χ0v) is 13.6. The highest BCUT2D eigenvalue weighted by atomic mass is 16.5. The zero-order chi connectivity index (χ0) is 17.4. The fraction of sp³-hybridized carbons (Fsp3) is 0.111. The van der Waals surface area contributed by atoms with Crippen molar-refractivity contribution >= 4 is 27.9 Å². The summed E-state index contributed by atoms with van der Waals surface area (Å²) < 4.78 is 6.92. The van der Waals surface area contributed by atoms with E-state index in [1.54, 1.807) is 10.9 Å². The van der Waals surface area contributed by atoms with Crippen molar-refractivity contribution in [3.05, 3.63) is 55.1 Å². The lowest BCUT2D eigenvalue weighted by atomic mass is 10.1. The Morgan fingerprint density at radius 1 is 1.40 bits per heavy atom. The molecule has 0 aliphatic carbocycles. The Morgan fingerprint density at radius 2 is 2.28 bits per heavy atom. The van der Waals surface area contributed by atoms with E-state index in [1.807, 2.05) is 31.4 Å². The van der Waals surface area contributed by atoms with Crippen LogP contribution in [0.2, 0.25) is 0 Å². The number of aromatic amines is 1. The van der Waals surface area contributed by atoms with E-state index in [0.29, 0.717) is 22.3 Å². The van der Waals surface area contributed by atoms with E-state index in [9.17, 15) is 4.79 Å². The normalized spacial score (nSPS) is 11.1. The lowest BCUT2D eigenvalue weighted by Crippen LogP contribution is -2.05. The molecular weight excluding hydrogens is 318 g/mol. The number of benzene rings is 1. The lowest BCUT2D eigenvalue weighted by Gasteiger charge is -2.05. The number of carbonyl (C=O) groups is 1. The molecule has 0 amide bonds. The molecule has 0 fully saturated rings. The molecular formula is C18H15N5O2. The number of aromatic nitrogens is 5. The van der Waals surface area contributed by atoms with Gasteiger partial charge in [0.2, 0.25) is 0 Å². The number of nitrogens with one attached hydrogen (secondary N) is 1. The van der Waals surface area contributed by atoms with E-state index in [2.05, 4.69) is 26.6 Å². The van der Waals surface area contributed by atoms with Gasteiger partial charge in [-0.15, -0.1) is 0 Å². The molecule has 0 aliphatic heterocycles. The number of ether oxygens (including phenoxy) is 1. The number of fused-ring (bicyclic) bond motifs is 2. The third-order valence-corrected chi connectivity index (χ3v) is 3.92. The molecule has 0 bridgehead atoms. The summed E-state index contributed by atoms with van der Waals surface area (Å²) in [5.74, 6) is -0.443. The van der Waals surface area contributed by atoms with Gasteiger partial charge in [0, 0.05) is 30.4 Å². The predicted octanol–water partition coefficient (Wildman–Crippen LogP) is 2.85. The first-order valence-corrected chi connectivity index (χ1v) is 7.71. The van der Waals surface area contributed by atoms with Gasteiger partial charge in [0.25, 0.3) is 0 Å². The minimum Gasteiger partial charge on any atom is -0.458 e. The maximum absolute atomic E-state index is 12.3. The molecule has 7 nitrogen and oxygen atoms in total. The van der Waals surface area contributed by atoms with Gasteiger partial charge in [-0.25, -0.2) is 14.8 Å². The average molecular weight is 333 g/mol. The summed E-state index contributed by atoms with van der Waals surface area (Å²) in [7, 11) is 1.88. The monoisotopic (exact) mass is 333 g/mol. The summed E-state index contributed by atoms with van der Waals surface area (Å²) in [5.41, 5.74) is 3.35. The number of hydrogen-bond acceptors (Lipinski definition) is 5. The van der Waals surface area contributed by atoms with Crippen LogP contribution in [0, 0.1) is 0 Å². The van der Waals surface area contributed by atoms with Gasteiger partial charge in [0.05, 0.1) is 22.2 Å². The van der Waals surface area contributed by atoms with Crippen molar-refractivity contribution < 1.29 is 9.53 Å². The van der Waals surface area contributed by atoms with Gasteiger partial charge in [0.15, 0.2) is 0 Å². The Kier molecular flexibility index (Phi) is 3.53. The van der Waals surface area contributed by atoms with Gasteiger partial charge in [0.1, 0.15) is 18.6 Å². The quantitative estimate of drug-likeness (QED) is 0.458. The smallest absolute Gasteiger partial charge is 0.340 e. The molecule has 0 unspecified atom stereocenters.